The minimum atomic E-state index is -0.329. The summed E-state index contributed by atoms with van der Waals surface area (Å²) in [4.78, 5) is 12.2. The maximum absolute atomic E-state index is 13.1. The van der Waals surface area contributed by atoms with Crippen LogP contribution >= 0.6 is 0 Å². The summed E-state index contributed by atoms with van der Waals surface area (Å²) in [6.45, 7) is 1.18. The highest BCUT2D eigenvalue weighted by atomic mass is 19.1. The molecule has 1 aliphatic heterocycles. The van der Waals surface area contributed by atoms with Gasteiger partial charge < -0.3 is 9.47 Å². The SMILES string of the molecule is O=C(/C=C/c1cccc(F)c1)c1ccc2c(c1)OCCCO2. The quantitative estimate of drug-likeness (QED) is 0.637. The molecule has 0 saturated carbocycles. The zero-order valence-electron chi connectivity index (χ0n) is 11.9. The van der Waals surface area contributed by atoms with Crippen LogP contribution in [0.3, 0.4) is 0 Å². The van der Waals surface area contributed by atoms with E-state index in [0.717, 1.165) is 6.42 Å². The molecule has 0 saturated heterocycles. The summed E-state index contributed by atoms with van der Waals surface area (Å²) in [7, 11) is 0. The Bertz CT molecular complexity index is 722. The highest BCUT2D eigenvalue weighted by Gasteiger charge is 2.12. The van der Waals surface area contributed by atoms with Crippen LogP contribution in [0.4, 0.5) is 4.39 Å². The average Bonchev–Trinajstić information content (AvgIpc) is 2.77. The molecule has 0 atom stereocenters. The Morgan fingerprint density at radius 2 is 1.86 bits per heavy atom. The summed E-state index contributed by atoms with van der Waals surface area (Å²) in [6, 6.07) is 11.2. The van der Waals surface area contributed by atoms with Crippen molar-refractivity contribution in [2.24, 2.45) is 0 Å². The molecule has 0 radical (unpaired) electrons. The van der Waals surface area contributed by atoms with Gasteiger partial charge in [-0.15, -0.1) is 0 Å². The fourth-order valence-corrected chi connectivity index (χ4v) is 2.19. The van der Waals surface area contributed by atoms with Gasteiger partial charge >= 0.3 is 0 Å². The molecular weight excluding hydrogens is 283 g/mol. The molecule has 0 fully saturated rings. The van der Waals surface area contributed by atoms with E-state index >= 15 is 0 Å². The van der Waals surface area contributed by atoms with E-state index in [2.05, 4.69) is 0 Å². The summed E-state index contributed by atoms with van der Waals surface area (Å²) < 4.78 is 24.2. The number of rotatable bonds is 3. The predicted octanol–water partition coefficient (Wildman–Crippen LogP) is 3.88. The zero-order valence-corrected chi connectivity index (χ0v) is 11.9. The minimum Gasteiger partial charge on any atom is -0.490 e. The Hall–Kier alpha value is -2.62. The highest BCUT2D eigenvalue weighted by molar-refractivity contribution is 6.07. The molecule has 0 bridgehead atoms. The first-order chi connectivity index (χ1) is 10.7. The van der Waals surface area contributed by atoms with Crippen LogP contribution in [0.2, 0.25) is 0 Å². The second kappa shape index (κ2) is 6.43. The largest absolute Gasteiger partial charge is 0.490 e. The second-order valence-corrected chi connectivity index (χ2v) is 4.96. The highest BCUT2D eigenvalue weighted by Crippen LogP contribution is 2.30. The molecule has 4 heteroatoms. The number of ketones is 1. The lowest BCUT2D eigenvalue weighted by Gasteiger charge is -2.07. The van der Waals surface area contributed by atoms with Crippen LogP contribution in [0.15, 0.2) is 48.5 Å². The van der Waals surface area contributed by atoms with Gasteiger partial charge in [-0.2, -0.15) is 0 Å². The third-order valence-corrected chi connectivity index (χ3v) is 3.31. The number of ether oxygens (including phenoxy) is 2. The predicted molar refractivity (Wildman–Crippen MR) is 81.8 cm³/mol. The van der Waals surface area contributed by atoms with E-state index in [1.165, 1.54) is 18.2 Å². The molecule has 2 aromatic rings. The fraction of sp³-hybridized carbons (Fsp3) is 0.167. The number of hydrogen-bond donors (Lipinski definition) is 0. The Labute approximate surface area is 128 Å². The first-order valence-electron chi connectivity index (χ1n) is 7.10. The van der Waals surface area contributed by atoms with E-state index in [4.69, 9.17) is 9.47 Å². The maximum Gasteiger partial charge on any atom is 0.185 e. The molecule has 112 valence electrons. The van der Waals surface area contributed by atoms with E-state index in [1.807, 2.05) is 0 Å². The van der Waals surface area contributed by atoms with Crippen LogP contribution in [0.25, 0.3) is 6.08 Å². The molecule has 0 aromatic heterocycles. The van der Waals surface area contributed by atoms with E-state index in [0.29, 0.717) is 35.8 Å². The Morgan fingerprint density at radius 1 is 1.05 bits per heavy atom. The van der Waals surface area contributed by atoms with Crippen molar-refractivity contribution in [1.82, 2.24) is 0 Å². The van der Waals surface area contributed by atoms with Gasteiger partial charge in [0.25, 0.3) is 0 Å². The number of allylic oxidation sites excluding steroid dienone is 1. The third-order valence-electron chi connectivity index (χ3n) is 3.31. The van der Waals surface area contributed by atoms with Crippen LogP contribution in [0.5, 0.6) is 11.5 Å². The molecule has 1 heterocycles. The summed E-state index contributed by atoms with van der Waals surface area (Å²) >= 11 is 0. The van der Waals surface area contributed by atoms with Crippen molar-refractivity contribution in [2.45, 2.75) is 6.42 Å². The fourth-order valence-electron chi connectivity index (χ4n) is 2.19. The number of carbonyl (C=O) groups excluding carboxylic acids is 1. The maximum atomic E-state index is 13.1. The van der Waals surface area contributed by atoms with Crippen molar-refractivity contribution in [2.75, 3.05) is 13.2 Å². The number of hydrogen-bond acceptors (Lipinski definition) is 3. The second-order valence-electron chi connectivity index (χ2n) is 4.96. The van der Waals surface area contributed by atoms with Crippen LogP contribution in [-0.2, 0) is 0 Å². The van der Waals surface area contributed by atoms with Crippen molar-refractivity contribution in [3.05, 3.63) is 65.5 Å². The van der Waals surface area contributed by atoms with E-state index in [1.54, 1.807) is 36.4 Å². The zero-order chi connectivity index (χ0) is 15.4. The number of fused-ring (bicyclic) bond motifs is 1. The van der Waals surface area contributed by atoms with Gasteiger partial charge in [0.1, 0.15) is 5.82 Å². The van der Waals surface area contributed by atoms with Gasteiger partial charge in [-0.1, -0.05) is 18.2 Å². The van der Waals surface area contributed by atoms with Crippen molar-refractivity contribution >= 4 is 11.9 Å². The van der Waals surface area contributed by atoms with Gasteiger partial charge in [0.05, 0.1) is 13.2 Å². The average molecular weight is 298 g/mol. The lowest BCUT2D eigenvalue weighted by Crippen LogP contribution is -1.98. The van der Waals surface area contributed by atoms with Gasteiger partial charge in [-0.05, 0) is 42.0 Å². The van der Waals surface area contributed by atoms with Gasteiger partial charge in [0.2, 0.25) is 0 Å². The standard InChI is InChI=1S/C18H15FO3/c19-15-4-1-3-13(11-15)5-7-16(20)14-6-8-17-18(12-14)22-10-2-9-21-17/h1,3-8,11-12H,2,9-10H2/b7-5+. The third kappa shape index (κ3) is 3.34. The van der Waals surface area contributed by atoms with Gasteiger partial charge in [-0.3, -0.25) is 4.79 Å². The molecule has 2 aromatic carbocycles. The van der Waals surface area contributed by atoms with Crippen LogP contribution < -0.4 is 9.47 Å². The molecule has 22 heavy (non-hydrogen) atoms. The number of benzene rings is 2. The summed E-state index contributed by atoms with van der Waals surface area (Å²) in [5, 5.41) is 0. The molecule has 0 aliphatic carbocycles. The van der Waals surface area contributed by atoms with Crippen LogP contribution in [0, 0.1) is 5.82 Å². The molecule has 0 N–H and O–H groups in total. The molecule has 1 aliphatic rings. The first-order valence-corrected chi connectivity index (χ1v) is 7.10. The summed E-state index contributed by atoms with van der Waals surface area (Å²) in [5.74, 6) is 0.746. The molecule has 0 amide bonds. The normalized spacial score (nSPS) is 13.9. The van der Waals surface area contributed by atoms with Crippen molar-refractivity contribution < 1.29 is 18.7 Å². The van der Waals surface area contributed by atoms with Gasteiger partial charge in [-0.25, -0.2) is 4.39 Å². The molecule has 0 spiro atoms. The Kier molecular flexibility index (Phi) is 4.19. The topological polar surface area (TPSA) is 35.5 Å². The Morgan fingerprint density at radius 3 is 2.68 bits per heavy atom. The van der Waals surface area contributed by atoms with Crippen molar-refractivity contribution in [3.63, 3.8) is 0 Å². The molecule has 3 nitrogen and oxygen atoms in total. The van der Waals surface area contributed by atoms with Crippen molar-refractivity contribution in [1.29, 1.82) is 0 Å². The minimum absolute atomic E-state index is 0.167. The number of carbonyl (C=O) groups is 1. The molecule has 0 unspecified atom stereocenters. The summed E-state index contributed by atoms with van der Waals surface area (Å²) in [6.07, 6.45) is 3.83. The first kappa shape index (κ1) is 14.3. The van der Waals surface area contributed by atoms with E-state index in [9.17, 15) is 9.18 Å². The van der Waals surface area contributed by atoms with Crippen LogP contribution in [0.1, 0.15) is 22.3 Å². The number of halogens is 1. The lowest BCUT2D eigenvalue weighted by molar-refractivity contribution is 0.104. The smallest absolute Gasteiger partial charge is 0.185 e. The van der Waals surface area contributed by atoms with Crippen LogP contribution in [-0.4, -0.2) is 19.0 Å². The summed E-state index contributed by atoms with van der Waals surface area (Å²) in [5.41, 5.74) is 1.15. The van der Waals surface area contributed by atoms with Crippen molar-refractivity contribution in [3.8, 4) is 11.5 Å². The lowest BCUT2D eigenvalue weighted by atomic mass is 10.1. The Balaban J connectivity index is 1.79. The van der Waals surface area contributed by atoms with Gasteiger partial charge in [0, 0.05) is 12.0 Å². The molecule has 3 rings (SSSR count). The van der Waals surface area contributed by atoms with Gasteiger partial charge in [0.15, 0.2) is 17.3 Å². The monoisotopic (exact) mass is 298 g/mol. The van der Waals surface area contributed by atoms with E-state index < -0.39 is 0 Å². The van der Waals surface area contributed by atoms with E-state index in [-0.39, 0.29) is 11.6 Å². The molecular formula is C18H15FO3.